The highest BCUT2D eigenvalue weighted by atomic mass is 16.6. The summed E-state index contributed by atoms with van der Waals surface area (Å²) in [7, 11) is 0. The van der Waals surface area contributed by atoms with Gasteiger partial charge < -0.3 is 14.7 Å². The number of carbonyl (C=O) groups excluding carboxylic acids is 1. The first kappa shape index (κ1) is 13.4. The van der Waals surface area contributed by atoms with Gasteiger partial charge in [-0.05, 0) is 30.7 Å². The Morgan fingerprint density at radius 1 is 1.47 bits per heavy atom. The summed E-state index contributed by atoms with van der Waals surface area (Å²) in [4.78, 5) is 16.7. The number of rotatable bonds is 5. The minimum atomic E-state index is -0.248. The van der Waals surface area contributed by atoms with Crippen molar-refractivity contribution in [3.8, 4) is 5.75 Å². The van der Waals surface area contributed by atoms with E-state index in [1.165, 1.54) is 0 Å². The molecule has 2 atom stereocenters. The zero-order valence-corrected chi connectivity index (χ0v) is 10.7. The first-order valence-corrected chi connectivity index (χ1v) is 6.23. The first-order valence-electron chi connectivity index (χ1n) is 6.23. The van der Waals surface area contributed by atoms with Gasteiger partial charge in [0.25, 0.3) is 0 Å². The predicted octanol–water partition coefficient (Wildman–Crippen LogP) is 1.85. The van der Waals surface area contributed by atoms with E-state index in [4.69, 9.17) is 9.57 Å². The maximum Gasteiger partial charge on any atom is 0.306 e. The summed E-state index contributed by atoms with van der Waals surface area (Å²) in [5, 5.41) is 9.32. The molecule has 1 aromatic rings. The normalized spacial score (nSPS) is 18.9. The number of ether oxygens (including phenoxy) is 1. The molecule has 0 fully saturated rings. The van der Waals surface area contributed by atoms with Crippen LogP contribution in [0.4, 0.5) is 0 Å². The van der Waals surface area contributed by atoms with Gasteiger partial charge in [-0.3, -0.25) is 4.79 Å². The summed E-state index contributed by atoms with van der Waals surface area (Å²) >= 11 is 0. The fourth-order valence-corrected chi connectivity index (χ4v) is 2.07. The SMILES string of the molecule is CCOC(=O)C[C@H](c1ccc(O)cc1)C1C=CON1. The molecule has 1 aromatic carbocycles. The van der Waals surface area contributed by atoms with E-state index in [1.807, 2.05) is 6.08 Å². The molecule has 2 N–H and O–H groups in total. The Balaban J connectivity index is 2.15. The Kier molecular flexibility index (Phi) is 4.41. The fraction of sp³-hybridized carbons (Fsp3) is 0.357. The van der Waals surface area contributed by atoms with Crippen molar-refractivity contribution in [2.24, 2.45) is 0 Å². The maximum absolute atomic E-state index is 11.7. The van der Waals surface area contributed by atoms with Crippen LogP contribution in [0, 0.1) is 0 Å². The Labute approximate surface area is 111 Å². The topological polar surface area (TPSA) is 67.8 Å². The summed E-state index contributed by atoms with van der Waals surface area (Å²) in [5.74, 6) is -0.147. The number of carbonyl (C=O) groups is 1. The molecule has 0 amide bonds. The average molecular weight is 263 g/mol. The van der Waals surface area contributed by atoms with Crippen molar-refractivity contribution in [2.45, 2.75) is 25.3 Å². The van der Waals surface area contributed by atoms with Crippen LogP contribution < -0.4 is 5.48 Å². The second-order valence-corrected chi connectivity index (χ2v) is 4.30. The second kappa shape index (κ2) is 6.24. The number of benzene rings is 1. The van der Waals surface area contributed by atoms with E-state index in [2.05, 4.69) is 5.48 Å². The number of phenolic OH excluding ortho intramolecular Hbond substituents is 1. The summed E-state index contributed by atoms with van der Waals surface area (Å²) in [6, 6.07) is 6.72. The lowest BCUT2D eigenvalue weighted by molar-refractivity contribution is -0.143. The highest BCUT2D eigenvalue weighted by Crippen LogP contribution is 2.28. The van der Waals surface area contributed by atoms with Crippen LogP contribution in [0.15, 0.2) is 36.6 Å². The number of aromatic hydroxyl groups is 1. The van der Waals surface area contributed by atoms with E-state index in [9.17, 15) is 9.90 Å². The van der Waals surface area contributed by atoms with Crippen LogP contribution in [0.5, 0.6) is 5.75 Å². The number of hydroxylamine groups is 1. The molecule has 0 aromatic heterocycles. The number of hydrogen-bond acceptors (Lipinski definition) is 5. The van der Waals surface area contributed by atoms with Crippen LogP contribution in [-0.4, -0.2) is 23.7 Å². The third-order valence-electron chi connectivity index (χ3n) is 3.00. The highest BCUT2D eigenvalue weighted by molar-refractivity contribution is 5.70. The van der Waals surface area contributed by atoms with Gasteiger partial charge in [0, 0.05) is 5.92 Å². The molecular weight excluding hydrogens is 246 g/mol. The molecule has 0 bridgehead atoms. The van der Waals surface area contributed by atoms with Crippen LogP contribution in [0.3, 0.4) is 0 Å². The van der Waals surface area contributed by atoms with Crippen molar-refractivity contribution in [3.05, 3.63) is 42.2 Å². The molecule has 0 saturated carbocycles. The standard InChI is InChI=1S/C14H17NO4/c1-2-18-14(17)9-12(13-7-8-19-15-13)10-3-5-11(16)6-4-10/h3-8,12-13,15-16H,2,9H2,1H3/t12-,13?/m1/s1. The Hall–Kier alpha value is -2.01. The van der Waals surface area contributed by atoms with Gasteiger partial charge in [-0.25, -0.2) is 0 Å². The molecule has 1 heterocycles. The van der Waals surface area contributed by atoms with Gasteiger partial charge in [-0.1, -0.05) is 12.1 Å². The van der Waals surface area contributed by atoms with Gasteiger partial charge in [-0.2, -0.15) is 0 Å². The second-order valence-electron chi connectivity index (χ2n) is 4.30. The number of phenols is 1. The Morgan fingerprint density at radius 3 is 2.79 bits per heavy atom. The smallest absolute Gasteiger partial charge is 0.306 e. The quantitative estimate of drug-likeness (QED) is 0.793. The summed E-state index contributed by atoms with van der Waals surface area (Å²) in [6.07, 6.45) is 3.67. The monoisotopic (exact) mass is 263 g/mol. The number of hydrogen-bond donors (Lipinski definition) is 2. The molecule has 0 spiro atoms. The van der Waals surface area contributed by atoms with Gasteiger partial charge in [-0.15, -0.1) is 5.48 Å². The lowest BCUT2D eigenvalue weighted by Crippen LogP contribution is -2.30. The lowest BCUT2D eigenvalue weighted by atomic mass is 9.89. The van der Waals surface area contributed by atoms with Crippen LogP contribution in [0.2, 0.25) is 0 Å². The minimum absolute atomic E-state index is 0.0889. The van der Waals surface area contributed by atoms with Crippen LogP contribution in [0.1, 0.15) is 24.8 Å². The summed E-state index contributed by atoms with van der Waals surface area (Å²) < 4.78 is 5.00. The number of esters is 1. The van der Waals surface area contributed by atoms with Crippen molar-refractivity contribution in [2.75, 3.05) is 6.61 Å². The Morgan fingerprint density at radius 2 is 2.21 bits per heavy atom. The van der Waals surface area contributed by atoms with Gasteiger partial charge in [0.05, 0.1) is 19.1 Å². The predicted molar refractivity (Wildman–Crippen MR) is 69.2 cm³/mol. The van der Waals surface area contributed by atoms with E-state index < -0.39 is 0 Å². The molecule has 102 valence electrons. The van der Waals surface area contributed by atoms with Gasteiger partial charge >= 0.3 is 5.97 Å². The highest BCUT2D eigenvalue weighted by Gasteiger charge is 2.27. The van der Waals surface area contributed by atoms with E-state index in [0.29, 0.717) is 6.61 Å². The third kappa shape index (κ3) is 3.48. The van der Waals surface area contributed by atoms with Crippen LogP contribution in [-0.2, 0) is 14.4 Å². The van der Waals surface area contributed by atoms with E-state index in [-0.39, 0.29) is 30.1 Å². The molecule has 1 aliphatic heterocycles. The van der Waals surface area contributed by atoms with Crippen molar-refractivity contribution in [3.63, 3.8) is 0 Å². The zero-order valence-electron chi connectivity index (χ0n) is 10.7. The summed E-state index contributed by atoms with van der Waals surface area (Å²) in [6.45, 7) is 2.15. The van der Waals surface area contributed by atoms with Gasteiger partial charge in [0.15, 0.2) is 0 Å². The van der Waals surface area contributed by atoms with Gasteiger partial charge in [0.1, 0.15) is 12.0 Å². The van der Waals surface area contributed by atoms with Gasteiger partial charge in [0.2, 0.25) is 0 Å². The molecule has 1 unspecified atom stereocenters. The van der Waals surface area contributed by atoms with E-state index in [1.54, 1.807) is 37.5 Å². The molecule has 5 nitrogen and oxygen atoms in total. The maximum atomic E-state index is 11.7. The molecule has 5 heteroatoms. The first-order chi connectivity index (χ1) is 9.20. The largest absolute Gasteiger partial charge is 0.508 e. The zero-order chi connectivity index (χ0) is 13.7. The molecule has 19 heavy (non-hydrogen) atoms. The number of nitrogens with one attached hydrogen (secondary N) is 1. The molecule has 2 rings (SSSR count). The lowest BCUT2D eigenvalue weighted by Gasteiger charge is -2.21. The molecular formula is C14H17NO4. The third-order valence-corrected chi connectivity index (χ3v) is 3.00. The summed E-state index contributed by atoms with van der Waals surface area (Å²) in [5.41, 5.74) is 3.78. The van der Waals surface area contributed by atoms with E-state index in [0.717, 1.165) is 5.56 Å². The van der Waals surface area contributed by atoms with E-state index >= 15 is 0 Å². The van der Waals surface area contributed by atoms with Crippen molar-refractivity contribution >= 4 is 5.97 Å². The molecule has 1 aliphatic rings. The van der Waals surface area contributed by atoms with Crippen LogP contribution in [0.25, 0.3) is 0 Å². The molecule has 0 aliphatic carbocycles. The Bertz CT molecular complexity index is 455. The average Bonchev–Trinajstić information content (AvgIpc) is 2.91. The van der Waals surface area contributed by atoms with Crippen LogP contribution >= 0.6 is 0 Å². The van der Waals surface area contributed by atoms with Crippen molar-refractivity contribution in [1.29, 1.82) is 0 Å². The minimum Gasteiger partial charge on any atom is -0.508 e. The molecule has 0 radical (unpaired) electrons. The fourth-order valence-electron chi connectivity index (χ4n) is 2.07. The van der Waals surface area contributed by atoms with Crippen molar-refractivity contribution < 1.29 is 19.5 Å². The molecule has 0 saturated heterocycles. The van der Waals surface area contributed by atoms with Crippen molar-refractivity contribution in [1.82, 2.24) is 5.48 Å².